The Morgan fingerprint density at radius 2 is 2.07 bits per heavy atom. The third kappa shape index (κ3) is 4.71. The first-order chi connectivity index (χ1) is 13.1. The van der Waals surface area contributed by atoms with Crippen LogP contribution >= 0.6 is 0 Å². The van der Waals surface area contributed by atoms with Gasteiger partial charge in [-0.15, -0.1) is 0 Å². The molecule has 0 atom stereocenters. The van der Waals surface area contributed by atoms with Crippen LogP contribution in [-0.4, -0.2) is 58.2 Å². The van der Waals surface area contributed by atoms with Gasteiger partial charge in [0.05, 0.1) is 16.0 Å². The molecule has 1 saturated heterocycles. The van der Waals surface area contributed by atoms with Crippen molar-refractivity contribution < 1.29 is 14.5 Å². The van der Waals surface area contributed by atoms with Gasteiger partial charge in [-0.1, -0.05) is 0 Å². The standard InChI is InChI=1S/C19H27N5O4/c1-19(2,3)28-18(25)23-9-7-13(8-10-23)12-22(4)17-20-15-6-5-14(24(26)27)11-16(15)21-17/h5-6,11,13H,7-10,12H2,1-4H3,(H,20,21). The molecule has 152 valence electrons. The Labute approximate surface area is 163 Å². The Hall–Kier alpha value is -2.84. The summed E-state index contributed by atoms with van der Waals surface area (Å²) in [6, 6.07) is 4.61. The number of nitro groups is 1. The summed E-state index contributed by atoms with van der Waals surface area (Å²) in [5.41, 5.74) is 0.910. The monoisotopic (exact) mass is 389 g/mol. The number of piperidine rings is 1. The molecule has 1 aliphatic heterocycles. The molecular formula is C19H27N5O4. The van der Waals surface area contributed by atoms with Gasteiger partial charge in [-0.3, -0.25) is 10.1 Å². The van der Waals surface area contributed by atoms with Crippen molar-refractivity contribution in [3.05, 3.63) is 28.3 Å². The van der Waals surface area contributed by atoms with E-state index in [0.29, 0.717) is 36.0 Å². The van der Waals surface area contributed by atoms with Gasteiger partial charge in [0.25, 0.3) is 5.69 Å². The van der Waals surface area contributed by atoms with Crippen molar-refractivity contribution in [3.8, 4) is 0 Å². The number of benzene rings is 1. The highest BCUT2D eigenvalue weighted by molar-refractivity contribution is 5.80. The zero-order valence-electron chi connectivity index (χ0n) is 16.8. The molecule has 3 rings (SSSR count). The number of aromatic nitrogens is 2. The molecule has 1 aromatic carbocycles. The number of nitrogens with one attached hydrogen (secondary N) is 1. The van der Waals surface area contributed by atoms with Crippen LogP contribution in [0.2, 0.25) is 0 Å². The summed E-state index contributed by atoms with van der Waals surface area (Å²) in [7, 11) is 1.95. The number of aromatic amines is 1. The van der Waals surface area contributed by atoms with Crippen LogP contribution in [-0.2, 0) is 4.74 Å². The number of non-ortho nitro benzene ring substituents is 1. The summed E-state index contributed by atoms with van der Waals surface area (Å²) < 4.78 is 5.44. The highest BCUT2D eigenvalue weighted by Crippen LogP contribution is 2.24. The van der Waals surface area contributed by atoms with Crippen LogP contribution in [0.15, 0.2) is 18.2 Å². The van der Waals surface area contributed by atoms with E-state index in [2.05, 4.69) is 9.97 Å². The number of ether oxygens (including phenoxy) is 1. The Morgan fingerprint density at radius 3 is 2.68 bits per heavy atom. The van der Waals surface area contributed by atoms with E-state index in [-0.39, 0.29) is 11.8 Å². The summed E-state index contributed by atoms with van der Waals surface area (Å²) in [6.45, 7) is 7.77. The number of rotatable bonds is 4. The molecule has 0 bridgehead atoms. The van der Waals surface area contributed by atoms with Gasteiger partial charge in [-0.25, -0.2) is 9.78 Å². The lowest BCUT2D eigenvalue weighted by atomic mass is 9.96. The highest BCUT2D eigenvalue weighted by Gasteiger charge is 2.27. The van der Waals surface area contributed by atoms with Crippen molar-refractivity contribution >= 4 is 28.8 Å². The van der Waals surface area contributed by atoms with Crippen LogP contribution in [0.1, 0.15) is 33.6 Å². The fourth-order valence-electron chi connectivity index (χ4n) is 3.38. The zero-order valence-corrected chi connectivity index (χ0v) is 16.8. The Balaban J connectivity index is 1.57. The second-order valence-corrected chi connectivity index (χ2v) is 8.31. The molecule has 1 aromatic heterocycles. The largest absolute Gasteiger partial charge is 0.444 e. The van der Waals surface area contributed by atoms with Crippen molar-refractivity contribution in [2.24, 2.45) is 5.92 Å². The molecular weight excluding hydrogens is 362 g/mol. The number of amides is 1. The molecule has 1 amide bonds. The SMILES string of the molecule is CN(CC1CCN(C(=O)OC(C)(C)C)CC1)c1nc2ccc([N+](=O)[O-])cc2[nH]1. The maximum atomic E-state index is 12.2. The molecule has 28 heavy (non-hydrogen) atoms. The van der Waals surface area contributed by atoms with Crippen LogP contribution in [0.25, 0.3) is 11.0 Å². The number of anilines is 1. The summed E-state index contributed by atoms with van der Waals surface area (Å²) in [5, 5.41) is 10.9. The van der Waals surface area contributed by atoms with E-state index < -0.39 is 10.5 Å². The average Bonchev–Trinajstić information content (AvgIpc) is 3.04. The first-order valence-electron chi connectivity index (χ1n) is 9.45. The number of hydrogen-bond acceptors (Lipinski definition) is 6. The lowest BCUT2D eigenvalue weighted by molar-refractivity contribution is -0.384. The van der Waals surface area contributed by atoms with Gasteiger partial charge < -0.3 is 19.5 Å². The van der Waals surface area contributed by atoms with Gasteiger partial charge in [0.1, 0.15) is 5.60 Å². The Kier molecular flexibility index (Phi) is 5.44. The predicted molar refractivity (Wildman–Crippen MR) is 107 cm³/mol. The van der Waals surface area contributed by atoms with Crippen LogP contribution in [0.3, 0.4) is 0 Å². The minimum Gasteiger partial charge on any atom is -0.444 e. The van der Waals surface area contributed by atoms with E-state index in [0.717, 1.165) is 19.4 Å². The normalized spacial score (nSPS) is 15.6. The van der Waals surface area contributed by atoms with Crippen LogP contribution in [0.4, 0.5) is 16.4 Å². The number of imidazole rings is 1. The number of nitro benzene ring substituents is 1. The zero-order chi connectivity index (χ0) is 20.5. The third-order valence-electron chi connectivity index (χ3n) is 4.82. The maximum absolute atomic E-state index is 12.2. The number of nitrogens with zero attached hydrogens (tertiary/aromatic N) is 4. The Bertz CT molecular complexity index is 865. The molecule has 0 unspecified atom stereocenters. The molecule has 2 aromatic rings. The number of H-pyrrole nitrogens is 1. The van der Waals surface area contributed by atoms with E-state index in [1.165, 1.54) is 12.1 Å². The average molecular weight is 389 g/mol. The van der Waals surface area contributed by atoms with Gasteiger partial charge in [0.15, 0.2) is 0 Å². The number of fused-ring (bicyclic) bond motifs is 1. The number of hydrogen-bond donors (Lipinski definition) is 1. The first kappa shape index (κ1) is 19.9. The topological polar surface area (TPSA) is 105 Å². The van der Waals surface area contributed by atoms with Gasteiger partial charge >= 0.3 is 6.09 Å². The fourth-order valence-corrected chi connectivity index (χ4v) is 3.38. The number of carbonyl (C=O) groups excluding carboxylic acids is 1. The van der Waals surface area contributed by atoms with Gasteiger partial charge in [0.2, 0.25) is 5.95 Å². The fraction of sp³-hybridized carbons (Fsp3) is 0.579. The smallest absolute Gasteiger partial charge is 0.410 e. The van der Waals surface area contributed by atoms with E-state index in [1.807, 2.05) is 32.7 Å². The summed E-state index contributed by atoms with van der Waals surface area (Å²) in [4.78, 5) is 34.2. The van der Waals surface area contributed by atoms with Gasteiger partial charge in [0, 0.05) is 38.8 Å². The number of carbonyl (C=O) groups is 1. The Morgan fingerprint density at radius 1 is 1.39 bits per heavy atom. The molecule has 1 fully saturated rings. The van der Waals surface area contributed by atoms with Crippen LogP contribution < -0.4 is 4.90 Å². The second-order valence-electron chi connectivity index (χ2n) is 8.31. The van der Waals surface area contributed by atoms with Crippen LogP contribution in [0.5, 0.6) is 0 Å². The summed E-state index contributed by atoms with van der Waals surface area (Å²) >= 11 is 0. The molecule has 9 nitrogen and oxygen atoms in total. The van der Waals surface area contributed by atoms with Crippen molar-refractivity contribution in [1.29, 1.82) is 0 Å². The van der Waals surface area contributed by atoms with Crippen molar-refractivity contribution in [3.63, 3.8) is 0 Å². The van der Waals surface area contributed by atoms with Gasteiger partial charge in [-0.05, 0) is 45.6 Å². The summed E-state index contributed by atoms with van der Waals surface area (Å²) in [5.74, 6) is 1.12. The highest BCUT2D eigenvalue weighted by atomic mass is 16.6. The van der Waals surface area contributed by atoms with E-state index >= 15 is 0 Å². The minimum absolute atomic E-state index is 0.0415. The first-order valence-corrected chi connectivity index (χ1v) is 9.45. The molecule has 9 heteroatoms. The second kappa shape index (κ2) is 7.65. The lowest BCUT2D eigenvalue weighted by Gasteiger charge is -2.34. The molecule has 1 aliphatic rings. The molecule has 0 radical (unpaired) electrons. The lowest BCUT2D eigenvalue weighted by Crippen LogP contribution is -2.43. The van der Waals surface area contributed by atoms with Crippen molar-refractivity contribution in [2.75, 3.05) is 31.6 Å². The predicted octanol–water partition coefficient (Wildman–Crippen LogP) is 3.55. The molecule has 2 heterocycles. The quantitative estimate of drug-likeness (QED) is 0.633. The van der Waals surface area contributed by atoms with Crippen LogP contribution in [0, 0.1) is 16.0 Å². The maximum Gasteiger partial charge on any atom is 0.410 e. The third-order valence-corrected chi connectivity index (χ3v) is 4.82. The molecule has 1 N–H and O–H groups in total. The van der Waals surface area contributed by atoms with E-state index in [9.17, 15) is 14.9 Å². The van der Waals surface area contributed by atoms with Gasteiger partial charge in [-0.2, -0.15) is 0 Å². The summed E-state index contributed by atoms with van der Waals surface area (Å²) in [6.07, 6.45) is 1.54. The minimum atomic E-state index is -0.482. The molecule has 0 saturated carbocycles. The number of likely N-dealkylation sites (tertiary alicyclic amines) is 1. The van der Waals surface area contributed by atoms with Crippen molar-refractivity contribution in [2.45, 2.75) is 39.2 Å². The van der Waals surface area contributed by atoms with E-state index in [1.54, 1.807) is 11.0 Å². The van der Waals surface area contributed by atoms with E-state index in [4.69, 9.17) is 4.74 Å². The van der Waals surface area contributed by atoms with Crippen molar-refractivity contribution in [1.82, 2.24) is 14.9 Å². The molecule has 0 spiro atoms. The molecule has 0 aliphatic carbocycles.